The number of carbonyl (C=O) groups excluding carboxylic acids is 2. The van der Waals surface area contributed by atoms with E-state index < -0.39 is 17.8 Å². The number of hydrogen-bond acceptors (Lipinski definition) is 4. The summed E-state index contributed by atoms with van der Waals surface area (Å²) in [5.74, 6) is -2.79. The van der Waals surface area contributed by atoms with E-state index in [4.69, 9.17) is 0 Å². The predicted octanol–water partition coefficient (Wildman–Crippen LogP) is 4.81. The Balaban J connectivity index is 1.80. The molecule has 6 nitrogen and oxygen atoms in total. The molecule has 2 aliphatic carbocycles. The maximum absolute atomic E-state index is 13.1. The van der Waals surface area contributed by atoms with Gasteiger partial charge in [-0.15, -0.1) is 11.3 Å². The third kappa shape index (κ3) is 4.77. The van der Waals surface area contributed by atoms with Gasteiger partial charge < -0.3 is 15.7 Å². The van der Waals surface area contributed by atoms with Gasteiger partial charge in [0.1, 0.15) is 5.00 Å². The van der Waals surface area contributed by atoms with Crippen LogP contribution in [0.15, 0.2) is 11.1 Å². The summed E-state index contributed by atoms with van der Waals surface area (Å²) in [4.78, 5) is 38.9. The molecule has 2 aliphatic rings. The minimum Gasteiger partial charge on any atom is -0.481 e. The van der Waals surface area contributed by atoms with E-state index in [0.29, 0.717) is 23.4 Å². The van der Waals surface area contributed by atoms with E-state index in [-0.39, 0.29) is 17.9 Å². The number of allylic oxidation sites excluding steroid dienone is 2. The molecule has 1 heterocycles. The Hall–Kier alpha value is -2.15. The molecule has 0 aromatic carbocycles. The molecular weight excluding hydrogens is 400 g/mol. The standard InChI is InChI=1S/C23H32N2O4S/c1-12-10-17(18(23(28)29)11-13(12)2)20(26)25-22-19(14(3)15(4)30-22)21(27)24-16-8-6-5-7-9-16/h16-18H,5-11H2,1-4H3,(H,24,27)(H,25,26)(H,28,29)/t17-,18-/m1/s1. The van der Waals surface area contributed by atoms with Crippen LogP contribution in [0.4, 0.5) is 5.00 Å². The van der Waals surface area contributed by atoms with Crippen LogP contribution in [-0.2, 0) is 9.59 Å². The lowest BCUT2D eigenvalue weighted by molar-refractivity contribution is -0.146. The first-order valence-electron chi connectivity index (χ1n) is 10.8. The highest BCUT2D eigenvalue weighted by Gasteiger charge is 2.38. The smallest absolute Gasteiger partial charge is 0.307 e. The van der Waals surface area contributed by atoms with Crippen molar-refractivity contribution in [3.63, 3.8) is 0 Å². The quantitative estimate of drug-likeness (QED) is 0.582. The lowest BCUT2D eigenvalue weighted by Gasteiger charge is -2.29. The van der Waals surface area contributed by atoms with Crippen molar-refractivity contribution in [2.24, 2.45) is 11.8 Å². The van der Waals surface area contributed by atoms with Gasteiger partial charge in [0.05, 0.1) is 17.4 Å². The summed E-state index contributed by atoms with van der Waals surface area (Å²) in [6.45, 7) is 7.72. The van der Waals surface area contributed by atoms with Crippen LogP contribution >= 0.6 is 11.3 Å². The van der Waals surface area contributed by atoms with Gasteiger partial charge in [0, 0.05) is 10.9 Å². The fraction of sp³-hybridized carbons (Fsp3) is 0.609. The van der Waals surface area contributed by atoms with E-state index in [2.05, 4.69) is 10.6 Å². The van der Waals surface area contributed by atoms with Gasteiger partial charge in [0.2, 0.25) is 5.91 Å². The van der Waals surface area contributed by atoms with Gasteiger partial charge in [0.15, 0.2) is 0 Å². The first-order valence-corrected chi connectivity index (χ1v) is 11.6. The molecule has 1 aromatic rings. The van der Waals surface area contributed by atoms with Crippen LogP contribution < -0.4 is 10.6 Å². The maximum atomic E-state index is 13.1. The molecule has 2 atom stereocenters. The summed E-state index contributed by atoms with van der Waals surface area (Å²) in [5.41, 5.74) is 3.50. The second-order valence-corrected chi connectivity index (χ2v) is 10.0. The molecule has 0 radical (unpaired) electrons. The van der Waals surface area contributed by atoms with Crippen molar-refractivity contribution in [1.82, 2.24) is 5.32 Å². The minimum atomic E-state index is -0.948. The molecule has 0 aliphatic heterocycles. The average molecular weight is 433 g/mol. The monoisotopic (exact) mass is 432 g/mol. The predicted molar refractivity (Wildman–Crippen MR) is 119 cm³/mol. The summed E-state index contributed by atoms with van der Waals surface area (Å²) in [6, 6.07) is 0.180. The molecule has 0 unspecified atom stereocenters. The number of aliphatic carboxylic acids is 1. The molecule has 2 amide bonds. The lowest BCUT2D eigenvalue weighted by atomic mass is 9.76. The molecule has 164 valence electrons. The molecule has 1 fully saturated rings. The Morgan fingerprint density at radius 1 is 0.933 bits per heavy atom. The summed E-state index contributed by atoms with van der Waals surface area (Å²) in [6.07, 6.45) is 6.26. The van der Waals surface area contributed by atoms with Crippen molar-refractivity contribution in [2.45, 2.75) is 78.7 Å². The molecule has 3 rings (SSSR count). The Labute approximate surface area is 182 Å². The third-order valence-corrected chi connectivity index (χ3v) is 7.83. The Bertz CT molecular complexity index is 880. The van der Waals surface area contributed by atoms with Gasteiger partial charge >= 0.3 is 5.97 Å². The van der Waals surface area contributed by atoms with E-state index in [1.165, 1.54) is 17.8 Å². The summed E-state index contributed by atoms with van der Waals surface area (Å²) < 4.78 is 0. The number of hydrogen-bond donors (Lipinski definition) is 3. The van der Waals surface area contributed by atoms with Gasteiger partial charge in [-0.3, -0.25) is 14.4 Å². The fourth-order valence-corrected chi connectivity index (χ4v) is 5.59. The SMILES string of the molecule is CC1=C(C)C[C@@H](C(=O)Nc2sc(C)c(C)c2C(=O)NC2CCCCC2)[C@H](C(=O)O)C1. The number of carboxylic acids is 1. The van der Waals surface area contributed by atoms with Gasteiger partial charge in [-0.2, -0.15) is 0 Å². The number of aryl methyl sites for hydroxylation is 1. The highest BCUT2D eigenvalue weighted by Crippen LogP contribution is 2.37. The second-order valence-electron chi connectivity index (χ2n) is 8.81. The molecule has 7 heteroatoms. The zero-order valence-corrected chi connectivity index (χ0v) is 19.1. The van der Waals surface area contributed by atoms with Gasteiger partial charge in [-0.1, -0.05) is 30.4 Å². The highest BCUT2D eigenvalue weighted by atomic mass is 32.1. The Kier molecular flexibility index (Phi) is 7.01. The first-order chi connectivity index (χ1) is 14.2. The zero-order valence-electron chi connectivity index (χ0n) is 18.3. The number of rotatable bonds is 5. The van der Waals surface area contributed by atoms with E-state index >= 15 is 0 Å². The molecule has 30 heavy (non-hydrogen) atoms. The number of carboxylic acid groups (broad SMARTS) is 1. The zero-order chi connectivity index (χ0) is 22.0. The van der Waals surface area contributed by atoms with Crippen LogP contribution in [0.25, 0.3) is 0 Å². The van der Waals surface area contributed by atoms with Crippen LogP contribution in [0.2, 0.25) is 0 Å². The highest BCUT2D eigenvalue weighted by molar-refractivity contribution is 7.16. The average Bonchev–Trinajstić information content (AvgIpc) is 2.97. The largest absolute Gasteiger partial charge is 0.481 e. The number of carbonyl (C=O) groups is 3. The minimum absolute atomic E-state index is 0.149. The van der Waals surface area contributed by atoms with E-state index in [1.54, 1.807) is 0 Å². The van der Waals surface area contributed by atoms with Crippen LogP contribution in [-0.4, -0.2) is 28.9 Å². The molecule has 0 bridgehead atoms. The number of anilines is 1. The van der Waals surface area contributed by atoms with Crippen molar-refractivity contribution in [2.75, 3.05) is 5.32 Å². The fourth-order valence-electron chi connectivity index (χ4n) is 4.53. The maximum Gasteiger partial charge on any atom is 0.307 e. The number of amides is 2. The lowest BCUT2D eigenvalue weighted by Crippen LogP contribution is -2.38. The number of thiophene rings is 1. The van der Waals surface area contributed by atoms with Crippen molar-refractivity contribution < 1.29 is 19.5 Å². The van der Waals surface area contributed by atoms with Crippen LogP contribution in [0, 0.1) is 25.7 Å². The second kappa shape index (κ2) is 9.33. The first kappa shape index (κ1) is 22.5. The summed E-state index contributed by atoms with van der Waals surface area (Å²) in [7, 11) is 0. The van der Waals surface area contributed by atoms with Crippen LogP contribution in [0.5, 0.6) is 0 Å². The van der Waals surface area contributed by atoms with Crippen LogP contribution in [0.1, 0.15) is 79.6 Å². The Morgan fingerprint density at radius 2 is 1.53 bits per heavy atom. The van der Waals surface area contributed by atoms with E-state index in [0.717, 1.165) is 47.3 Å². The Morgan fingerprint density at radius 3 is 2.13 bits per heavy atom. The molecule has 1 saturated carbocycles. The van der Waals surface area contributed by atoms with Crippen LogP contribution in [0.3, 0.4) is 0 Å². The molecule has 0 saturated heterocycles. The van der Waals surface area contributed by atoms with Crippen molar-refractivity contribution in [3.8, 4) is 0 Å². The van der Waals surface area contributed by atoms with Gasteiger partial charge in [-0.25, -0.2) is 0 Å². The normalized spacial score (nSPS) is 22.7. The number of nitrogens with one attached hydrogen (secondary N) is 2. The summed E-state index contributed by atoms with van der Waals surface area (Å²) >= 11 is 1.38. The molecule has 0 spiro atoms. The van der Waals surface area contributed by atoms with Gasteiger partial charge in [0.25, 0.3) is 5.91 Å². The topological polar surface area (TPSA) is 95.5 Å². The molecular formula is C23H32N2O4S. The van der Waals surface area contributed by atoms with Crippen molar-refractivity contribution in [1.29, 1.82) is 0 Å². The molecule has 3 N–H and O–H groups in total. The van der Waals surface area contributed by atoms with Crippen molar-refractivity contribution >= 4 is 34.1 Å². The van der Waals surface area contributed by atoms with Gasteiger partial charge in [-0.05, 0) is 58.9 Å². The third-order valence-electron chi connectivity index (χ3n) is 6.71. The van der Waals surface area contributed by atoms with Crippen molar-refractivity contribution in [3.05, 3.63) is 27.2 Å². The van der Waals surface area contributed by atoms with E-state index in [9.17, 15) is 19.5 Å². The molecule has 1 aromatic heterocycles. The summed E-state index contributed by atoms with van der Waals surface area (Å²) in [5, 5.41) is 16.2. The van der Waals surface area contributed by atoms with E-state index in [1.807, 2.05) is 27.7 Å².